The van der Waals surface area contributed by atoms with E-state index in [9.17, 15) is 13.6 Å². The molecular weight excluding hydrogens is 481 g/mol. The lowest BCUT2D eigenvalue weighted by molar-refractivity contribution is 0.214. The molecule has 0 amide bonds. The Bertz CT molecular complexity index is 1070. The molecule has 0 spiro atoms. The summed E-state index contributed by atoms with van der Waals surface area (Å²) in [6.07, 6.45) is 0.467. The lowest BCUT2D eigenvalue weighted by atomic mass is 10.3. The Labute approximate surface area is 201 Å². The van der Waals surface area contributed by atoms with Gasteiger partial charge in [0.2, 0.25) is 0 Å². The second-order valence-electron chi connectivity index (χ2n) is 7.01. The standard InChI is InChI=1S/C21H22F2N4O4.2ClH/c22-15-2-7-19(18(23)14-15)30-20-25-27(21(28)31-20)16-3-5-17(6-4-16)29-13-1-10-26-11-8-24-9-12-26;;/h2-7,14,24H,1,8-13H2;2*1H. The minimum absolute atomic E-state index is 0. The van der Waals surface area contributed by atoms with E-state index in [0.29, 0.717) is 24.1 Å². The maximum absolute atomic E-state index is 13.7. The number of halogens is 4. The summed E-state index contributed by atoms with van der Waals surface area (Å²) >= 11 is 0. The van der Waals surface area contributed by atoms with Gasteiger partial charge >= 0.3 is 11.8 Å². The lowest BCUT2D eigenvalue weighted by Gasteiger charge is -2.26. The van der Waals surface area contributed by atoms with Gasteiger partial charge in [-0.05, 0) is 42.8 Å². The predicted octanol–water partition coefficient (Wildman–Crippen LogP) is 3.41. The number of benzene rings is 2. The molecule has 1 N–H and O–H groups in total. The fourth-order valence-electron chi connectivity index (χ4n) is 3.21. The Balaban J connectivity index is 0.00000193. The van der Waals surface area contributed by atoms with E-state index in [2.05, 4.69) is 15.3 Å². The summed E-state index contributed by atoms with van der Waals surface area (Å²) < 4.78 is 43.4. The molecule has 1 aliphatic rings. The van der Waals surface area contributed by atoms with Crippen LogP contribution in [0.15, 0.2) is 51.7 Å². The molecule has 33 heavy (non-hydrogen) atoms. The first-order valence-corrected chi connectivity index (χ1v) is 9.98. The van der Waals surface area contributed by atoms with E-state index in [1.54, 1.807) is 24.3 Å². The third kappa shape index (κ3) is 7.16. The summed E-state index contributed by atoms with van der Waals surface area (Å²) in [5.41, 5.74) is 0.427. The third-order valence-electron chi connectivity index (χ3n) is 4.80. The Morgan fingerprint density at radius 1 is 1.06 bits per heavy atom. The molecule has 12 heteroatoms. The van der Waals surface area contributed by atoms with E-state index in [1.807, 2.05) is 0 Å². The van der Waals surface area contributed by atoms with E-state index in [0.717, 1.165) is 56.0 Å². The molecule has 180 valence electrons. The smallest absolute Gasteiger partial charge is 0.444 e. The van der Waals surface area contributed by atoms with Crippen LogP contribution in [0.1, 0.15) is 6.42 Å². The highest BCUT2D eigenvalue weighted by atomic mass is 35.5. The van der Waals surface area contributed by atoms with Crippen LogP contribution in [0.2, 0.25) is 0 Å². The quantitative estimate of drug-likeness (QED) is 0.470. The van der Waals surface area contributed by atoms with Crippen LogP contribution in [0, 0.1) is 11.6 Å². The van der Waals surface area contributed by atoms with E-state index < -0.39 is 23.5 Å². The minimum atomic E-state index is -0.935. The summed E-state index contributed by atoms with van der Waals surface area (Å²) in [7, 11) is 0. The fourth-order valence-corrected chi connectivity index (χ4v) is 3.21. The molecule has 1 aliphatic heterocycles. The summed E-state index contributed by atoms with van der Waals surface area (Å²) in [4.78, 5) is 14.5. The highest BCUT2D eigenvalue weighted by molar-refractivity contribution is 5.85. The normalized spacial score (nSPS) is 13.6. The van der Waals surface area contributed by atoms with Gasteiger partial charge in [0, 0.05) is 38.8 Å². The van der Waals surface area contributed by atoms with Gasteiger partial charge in [0.25, 0.3) is 0 Å². The van der Waals surface area contributed by atoms with Gasteiger partial charge in [0.15, 0.2) is 11.6 Å². The minimum Gasteiger partial charge on any atom is -0.494 e. The van der Waals surface area contributed by atoms with Gasteiger partial charge in [-0.1, -0.05) is 5.10 Å². The molecule has 0 radical (unpaired) electrons. The van der Waals surface area contributed by atoms with Crippen molar-refractivity contribution in [3.05, 3.63) is 64.6 Å². The Morgan fingerprint density at radius 2 is 1.79 bits per heavy atom. The van der Waals surface area contributed by atoms with Gasteiger partial charge in [-0.2, -0.15) is 4.68 Å². The molecule has 1 saturated heterocycles. The van der Waals surface area contributed by atoms with Crippen molar-refractivity contribution in [3.63, 3.8) is 0 Å². The first kappa shape index (κ1) is 26.6. The molecule has 1 aromatic heterocycles. The first-order chi connectivity index (χ1) is 15.1. The van der Waals surface area contributed by atoms with Crippen LogP contribution in [0.5, 0.6) is 17.6 Å². The molecule has 0 saturated carbocycles. The number of aromatic nitrogens is 2. The van der Waals surface area contributed by atoms with Crippen LogP contribution in [0.4, 0.5) is 8.78 Å². The van der Waals surface area contributed by atoms with Crippen LogP contribution < -0.4 is 20.5 Å². The van der Waals surface area contributed by atoms with Crippen LogP contribution in [0.25, 0.3) is 5.69 Å². The summed E-state index contributed by atoms with van der Waals surface area (Å²) in [5, 5.41) is 7.22. The predicted molar refractivity (Wildman–Crippen MR) is 122 cm³/mol. The molecule has 3 aromatic rings. The molecule has 0 bridgehead atoms. The largest absolute Gasteiger partial charge is 0.494 e. The highest BCUT2D eigenvalue weighted by Crippen LogP contribution is 2.23. The Morgan fingerprint density at radius 3 is 2.48 bits per heavy atom. The van der Waals surface area contributed by atoms with Gasteiger partial charge in [0.05, 0.1) is 12.3 Å². The molecule has 0 aliphatic carbocycles. The zero-order valence-electron chi connectivity index (χ0n) is 17.5. The summed E-state index contributed by atoms with van der Waals surface area (Å²) in [5.74, 6) is -2.12. The van der Waals surface area contributed by atoms with Gasteiger partial charge in [-0.25, -0.2) is 13.6 Å². The van der Waals surface area contributed by atoms with Crippen molar-refractivity contribution in [3.8, 4) is 23.3 Å². The molecule has 4 rings (SSSR count). The molecule has 0 unspecified atom stereocenters. The molecular formula is C21H24Cl2F2N4O4. The topological polar surface area (TPSA) is 81.8 Å². The number of piperazine rings is 1. The second kappa shape index (κ2) is 12.5. The third-order valence-corrected chi connectivity index (χ3v) is 4.80. The number of nitrogens with one attached hydrogen (secondary N) is 1. The summed E-state index contributed by atoms with van der Waals surface area (Å²) in [6.45, 7) is 5.74. The lowest BCUT2D eigenvalue weighted by Crippen LogP contribution is -2.43. The van der Waals surface area contributed by atoms with Crippen LogP contribution in [-0.4, -0.2) is 54.0 Å². The molecule has 1 fully saturated rings. The maximum atomic E-state index is 13.7. The molecule has 8 nitrogen and oxygen atoms in total. The zero-order chi connectivity index (χ0) is 21.6. The summed E-state index contributed by atoms with van der Waals surface area (Å²) in [6, 6.07) is 9.51. The van der Waals surface area contributed by atoms with Gasteiger partial charge in [-0.3, -0.25) is 0 Å². The maximum Gasteiger partial charge on any atom is 0.444 e. The Kier molecular flexibility index (Phi) is 10.1. The first-order valence-electron chi connectivity index (χ1n) is 9.98. The number of nitrogens with zero attached hydrogens (tertiary/aromatic N) is 3. The van der Waals surface area contributed by atoms with Crippen molar-refractivity contribution in [1.82, 2.24) is 20.0 Å². The molecule has 2 heterocycles. The average Bonchev–Trinajstić information content (AvgIpc) is 3.14. The monoisotopic (exact) mass is 504 g/mol. The number of hydrogen-bond acceptors (Lipinski definition) is 7. The van der Waals surface area contributed by atoms with Crippen molar-refractivity contribution in [2.75, 3.05) is 39.3 Å². The van der Waals surface area contributed by atoms with Crippen molar-refractivity contribution >= 4 is 24.8 Å². The van der Waals surface area contributed by atoms with E-state index in [1.165, 1.54) is 0 Å². The van der Waals surface area contributed by atoms with E-state index in [-0.39, 0.29) is 30.6 Å². The highest BCUT2D eigenvalue weighted by Gasteiger charge is 2.15. The van der Waals surface area contributed by atoms with Crippen molar-refractivity contribution < 1.29 is 22.7 Å². The second-order valence-corrected chi connectivity index (χ2v) is 7.01. The van der Waals surface area contributed by atoms with Crippen molar-refractivity contribution in [2.45, 2.75) is 6.42 Å². The number of rotatable bonds is 8. The van der Waals surface area contributed by atoms with Crippen LogP contribution >= 0.6 is 24.8 Å². The molecule has 2 aromatic carbocycles. The fraction of sp³-hybridized carbons (Fsp3) is 0.333. The van der Waals surface area contributed by atoms with Crippen LogP contribution in [-0.2, 0) is 0 Å². The number of hydrogen-bond donors (Lipinski definition) is 1. The van der Waals surface area contributed by atoms with Crippen molar-refractivity contribution in [2.24, 2.45) is 0 Å². The Hall–Kier alpha value is -2.66. The van der Waals surface area contributed by atoms with E-state index >= 15 is 0 Å². The van der Waals surface area contributed by atoms with Gasteiger partial charge < -0.3 is 24.1 Å². The SMILES string of the molecule is Cl.Cl.O=c1oc(Oc2ccc(F)cc2F)nn1-c1ccc(OCCCN2CCNCC2)cc1. The van der Waals surface area contributed by atoms with Crippen LogP contribution in [0.3, 0.4) is 0 Å². The van der Waals surface area contributed by atoms with Gasteiger partial charge in [0.1, 0.15) is 11.6 Å². The molecule has 0 atom stereocenters. The van der Waals surface area contributed by atoms with Crippen molar-refractivity contribution in [1.29, 1.82) is 0 Å². The van der Waals surface area contributed by atoms with E-state index in [4.69, 9.17) is 13.9 Å². The number of ether oxygens (including phenoxy) is 2. The zero-order valence-corrected chi connectivity index (χ0v) is 19.2. The average molecular weight is 505 g/mol. The van der Waals surface area contributed by atoms with Gasteiger partial charge in [-0.15, -0.1) is 24.8 Å².